The summed E-state index contributed by atoms with van der Waals surface area (Å²) < 4.78 is 0. The lowest BCUT2D eigenvalue weighted by Crippen LogP contribution is -2.05. The molecule has 0 amide bonds. The molecule has 6 heteroatoms. The average Bonchev–Trinajstić information content (AvgIpc) is 2.74. The Balaban J connectivity index is 2.09. The van der Waals surface area contributed by atoms with Crippen molar-refractivity contribution in [2.24, 2.45) is 0 Å². The largest absolute Gasteiger partial charge is 0.373 e. The van der Waals surface area contributed by atoms with E-state index in [4.69, 9.17) is 0 Å². The Kier molecular flexibility index (Phi) is 3.53. The molecule has 5 nitrogen and oxygen atoms in total. The van der Waals surface area contributed by atoms with Crippen LogP contribution < -0.4 is 10.6 Å². The zero-order valence-corrected chi connectivity index (χ0v) is 10.9. The number of nitrogens with zero attached hydrogens (tertiary/aromatic N) is 3. The molecule has 2 rings (SSSR count). The van der Waals surface area contributed by atoms with Crippen LogP contribution in [-0.4, -0.2) is 22.0 Å². The van der Waals surface area contributed by atoms with Gasteiger partial charge in [-0.2, -0.15) is 0 Å². The molecule has 0 saturated carbocycles. The molecule has 17 heavy (non-hydrogen) atoms. The zero-order chi connectivity index (χ0) is 12.3. The Labute approximate surface area is 104 Å². The molecule has 0 aromatic carbocycles. The van der Waals surface area contributed by atoms with Crippen LogP contribution in [0, 0.1) is 13.8 Å². The van der Waals surface area contributed by atoms with Crippen molar-refractivity contribution in [2.45, 2.75) is 20.4 Å². The first-order valence-electron chi connectivity index (χ1n) is 5.35. The van der Waals surface area contributed by atoms with E-state index in [2.05, 4.69) is 25.6 Å². The minimum absolute atomic E-state index is 0.743. The Morgan fingerprint density at radius 3 is 2.59 bits per heavy atom. The van der Waals surface area contributed by atoms with Crippen LogP contribution >= 0.6 is 11.3 Å². The lowest BCUT2D eigenvalue weighted by molar-refractivity contribution is 1.07. The van der Waals surface area contributed by atoms with Crippen LogP contribution in [0.4, 0.5) is 11.6 Å². The van der Waals surface area contributed by atoms with Gasteiger partial charge in [-0.25, -0.2) is 15.0 Å². The van der Waals surface area contributed by atoms with Crippen molar-refractivity contribution in [3.8, 4) is 0 Å². The lowest BCUT2D eigenvalue weighted by atomic mass is 10.3. The Morgan fingerprint density at radius 2 is 1.94 bits per heavy atom. The third kappa shape index (κ3) is 2.71. The molecule has 0 aliphatic rings. The third-order valence-electron chi connectivity index (χ3n) is 2.42. The van der Waals surface area contributed by atoms with Gasteiger partial charge in [0, 0.05) is 23.7 Å². The van der Waals surface area contributed by atoms with Gasteiger partial charge in [0.05, 0.1) is 11.6 Å². The van der Waals surface area contributed by atoms with E-state index in [1.54, 1.807) is 17.7 Å². The highest BCUT2D eigenvalue weighted by Crippen LogP contribution is 2.19. The van der Waals surface area contributed by atoms with Crippen molar-refractivity contribution in [1.29, 1.82) is 0 Å². The summed E-state index contributed by atoms with van der Waals surface area (Å²) in [6, 6.07) is 0. The van der Waals surface area contributed by atoms with E-state index in [0.717, 1.165) is 28.8 Å². The minimum Gasteiger partial charge on any atom is -0.373 e. The van der Waals surface area contributed by atoms with Gasteiger partial charge in [-0.1, -0.05) is 0 Å². The monoisotopic (exact) mass is 249 g/mol. The molecular formula is C11H15N5S. The van der Waals surface area contributed by atoms with E-state index in [9.17, 15) is 0 Å². The fourth-order valence-corrected chi connectivity index (χ4v) is 2.27. The molecule has 0 fully saturated rings. The van der Waals surface area contributed by atoms with Crippen LogP contribution in [0.3, 0.4) is 0 Å². The Hall–Kier alpha value is -1.69. The molecule has 0 aliphatic heterocycles. The number of nitrogens with one attached hydrogen (secondary N) is 2. The predicted molar refractivity (Wildman–Crippen MR) is 70.5 cm³/mol. The van der Waals surface area contributed by atoms with Crippen LogP contribution in [0.15, 0.2) is 12.5 Å². The van der Waals surface area contributed by atoms with E-state index < -0.39 is 0 Å². The molecule has 2 heterocycles. The SMILES string of the molecule is CNc1ncnc(NCc2cnc(C)s2)c1C. The van der Waals surface area contributed by atoms with Crippen molar-refractivity contribution in [3.05, 3.63) is 28.0 Å². The summed E-state index contributed by atoms with van der Waals surface area (Å²) in [4.78, 5) is 13.8. The van der Waals surface area contributed by atoms with Gasteiger partial charge in [0.1, 0.15) is 18.0 Å². The van der Waals surface area contributed by atoms with Crippen LogP contribution in [-0.2, 0) is 6.54 Å². The molecule has 0 saturated heterocycles. The van der Waals surface area contributed by atoms with Gasteiger partial charge < -0.3 is 10.6 Å². The summed E-state index contributed by atoms with van der Waals surface area (Å²) in [5.41, 5.74) is 1.02. The zero-order valence-electron chi connectivity index (χ0n) is 10.1. The third-order valence-corrected chi connectivity index (χ3v) is 3.33. The molecule has 0 unspecified atom stereocenters. The molecule has 0 spiro atoms. The highest BCUT2D eigenvalue weighted by Gasteiger charge is 2.05. The molecule has 90 valence electrons. The maximum absolute atomic E-state index is 4.23. The van der Waals surface area contributed by atoms with E-state index >= 15 is 0 Å². The number of aromatic nitrogens is 3. The summed E-state index contributed by atoms with van der Waals surface area (Å²) >= 11 is 1.69. The van der Waals surface area contributed by atoms with Gasteiger partial charge in [-0.05, 0) is 13.8 Å². The smallest absolute Gasteiger partial charge is 0.134 e. The first-order chi connectivity index (χ1) is 8.20. The van der Waals surface area contributed by atoms with Crippen molar-refractivity contribution in [1.82, 2.24) is 15.0 Å². The van der Waals surface area contributed by atoms with Gasteiger partial charge >= 0.3 is 0 Å². The normalized spacial score (nSPS) is 10.3. The summed E-state index contributed by atoms with van der Waals surface area (Å²) in [5.74, 6) is 1.71. The maximum Gasteiger partial charge on any atom is 0.134 e. The predicted octanol–water partition coefficient (Wildman–Crippen LogP) is 2.20. The second-order valence-electron chi connectivity index (χ2n) is 3.65. The van der Waals surface area contributed by atoms with Crippen molar-refractivity contribution in [3.63, 3.8) is 0 Å². The number of thiazole rings is 1. The molecule has 0 radical (unpaired) electrons. The van der Waals surface area contributed by atoms with Crippen molar-refractivity contribution < 1.29 is 0 Å². The number of rotatable bonds is 4. The maximum atomic E-state index is 4.23. The van der Waals surface area contributed by atoms with E-state index in [-0.39, 0.29) is 0 Å². The highest BCUT2D eigenvalue weighted by molar-refractivity contribution is 7.11. The molecule has 0 aliphatic carbocycles. The first kappa shape index (κ1) is 11.8. The van der Waals surface area contributed by atoms with Crippen molar-refractivity contribution in [2.75, 3.05) is 17.7 Å². The number of hydrogen-bond donors (Lipinski definition) is 2. The second kappa shape index (κ2) is 5.09. The summed E-state index contributed by atoms with van der Waals surface area (Å²) in [5, 5.41) is 7.41. The van der Waals surface area contributed by atoms with Crippen molar-refractivity contribution >= 4 is 23.0 Å². The molecule has 2 N–H and O–H groups in total. The number of anilines is 2. The van der Waals surface area contributed by atoms with Gasteiger partial charge in [0.25, 0.3) is 0 Å². The van der Waals surface area contributed by atoms with Gasteiger partial charge in [-0.3, -0.25) is 0 Å². The van der Waals surface area contributed by atoms with Crippen LogP contribution in [0.2, 0.25) is 0 Å². The fourth-order valence-electron chi connectivity index (χ4n) is 1.54. The topological polar surface area (TPSA) is 62.7 Å². The van der Waals surface area contributed by atoms with E-state index in [1.165, 1.54) is 4.88 Å². The summed E-state index contributed by atoms with van der Waals surface area (Å²) in [7, 11) is 1.85. The minimum atomic E-state index is 0.743. The van der Waals surface area contributed by atoms with E-state index in [0.29, 0.717) is 0 Å². The van der Waals surface area contributed by atoms with Gasteiger partial charge in [-0.15, -0.1) is 11.3 Å². The number of aryl methyl sites for hydroxylation is 1. The fraction of sp³-hybridized carbons (Fsp3) is 0.364. The molecule has 0 bridgehead atoms. The summed E-state index contributed by atoms with van der Waals surface area (Å²) in [6.45, 7) is 4.74. The number of hydrogen-bond acceptors (Lipinski definition) is 6. The first-order valence-corrected chi connectivity index (χ1v) is 6.17. The average molecular weight is 249 g/mol. The second-order valence-corrected chi connectivity index (χ2v) is 4.96. The Morgan fingerprint density at radius 1 is 1.18 bits per heavy atom. The standard InChI is InChI=1S/C11H15N5S/c1-7-10(12-3)15-6-16-11(7)14-5-9-4-13-8(2)17-9/h4,6H,5H2,1-3H3,(H2,12,14,15,16). The molecule has 0 atom stereocenters. The molecule has 2 aromatic rings. The van der Waals surface area contributed by atoms with Gasteiger partial charge in [0.2, 0.25) is 0 Å². The van der Waals surface area contributed by atoms with Gasteiger partial charge in [0.15, 0.2) is 0 Å². The van der Waals surface area contributed by atoms with Crippen LogP contribution in [0.25, 0.3) is 0 Å². The lowest BCUT2D eigenvalue weighted by Gasteiger charge is -2.09. The molecular weight excluding hydrogens is 234 g/mol. The quantitative estimate of drug-likeness (QED) is 0.869. The van der Waals surface area contributed by atoms with Crippen LogP contribution in [0.5, 0.6) is 0 Å². The van der Waals surface area contributed by atoms with Crippen LogP contribution in [0.1, 0.15) is 15.4 Å². The summed E-state index contributed by atoms with van der Waals surface area (Å²) in [6.07, 6.45) is 3.45. The van der Waals surface area contributed by atoms with E-state index in [1.807, 2.05) is 27.1 Å². The highest BCUT2D eigenvalue weighted by atomic mass is 32.1. The Bertz CT molecular complexity index is 508. The molecule has 2 aromatic heterocycles.